The van der Waals surface area contributed by atoms with Gasteiger partial charge < -0.3 is 0 Å². The number of hydrogen-bond donors (Lipinski definition) is 0. The summed E-state index contributed by atoms with van der Waals surface area (Å²) in [6, 6.07) is 12.1. The third-order valence-electron chi connectivity index (χ3n) is 6.16. The molecule has 0 saturated carbocycles. The third kappa shape index (κ3) is 3.97. The minimum absolute atomic E-state index is 0.135. The van der Waals surface area contributed by atoms with Gasteiger partial charge in [-0.15, -0.1) is 0 Å². The number of fused-ring (bicyclic) bond motifs is 1. The van der Waals surface area contributed by atoms with Crippen LogP contribution in [-0.2, 0) is 17.3 Å². The van der Waals surface area contributed by atoms with E-state index >= 15 is 0 Å². The summed E-state index contributed by atoms with van der Waals surface area (Å²) in [7, 11) is 0. The fraction of sp³-hybridized carbons (Fsp3) is 0.500. The van der Waals surface area contributed by atoms with E-state index in [-0.39, 0.29) is 10.8 Å². The Bertz CT molecular complexity index is 876. The van der Waals surface area contributed by atoms with Crippen molar-refractivity contribution >= 4 is 6.08 Å². The molecule has 0 bridgehead atoms. The first-order chi connectivity index (χ1) is 12.9. The summed E-state index contributed by atoms with van der Waals surface area (Å²) in [6.07, 6.45) is 4.72. The van der Waals surface area contributed by atoms with Crippen molar-refractivity contribution in [2.45, 2.75) is 91.9 Å². The van der Waals surface area contributed by atoms with E-state index in [0.717, 1.165) is 12.8 Å². The van der Waals surface area contributed by atoms with Gasteiger partial charge in [-0.25, -0.2) is 0 Å². The van der Waals surface area contributed by atoms with Gasteiger partial charge in [0.15, 0.2) is 0 Å². The SMILES string of the molecule is CCC1=Cc2c(ccc(C(C)C)c2-c2cc(C(C)(C)C)cc(C(C)(C)C)c2)C1. The van der Waals surface area contributed by atoms with E-state index in [9.17, 15) is 0 Å². The first-order valence-electron chi connectivity index (χ1n) is 10.9. The van der Waals surface area contributed by atoms with Crippen LogP contribution in [-0.4, -0.2) is 0 Å². The second-order valence-electron chi connectivity index (χ2n) is 10.9. The molecule has 3 rings (SSSR count). The van der Waals surface area contributed by atoms with Crippen molar-refractivity contribution in [2.75, 3.05) is 0 Å². The number of rotatable bonds is 3. The molecular formula is C28H38. The minimum atomic E-state index is 0.135. The van der Waals surface area contributed by atoms with Gasteiger partial charge in [-0.1, -0.05) is 104 Å². The lowest BCUT2D eigenvalue weighted by atomic mass is 9.77. The molecule has 0 unspecified atom stereocenters. The Kier molecular flexibility index (Phi) is 5.38. The molecule has 0 heteroatoms. The van der Waals surface area contributed by atoms with Gasteiger partial charge >= 0.3 is 0 Å². The molecule has 28 heavy (non-hydrogen) atoms. The molecule has 150 valence electrons. The fourth-order valence-corrected chi connectivity index (χ4v) is 4.17. The smallest absolute Gasteiger partial charge is 0.00577 e. The number of hydrogen-bond acceptors (Lipinski definition) is 0. The van der Waals surface area contributed by atoms with Crippen LogP contribution in [0.25, 0.3) is 17.2 Å². The lowest BCUT2D eigenvalue weighted by Gasteiger charge is -2.27. The predicted molar refractivity (Wildman–Crippen MR) is 125 cm³/mol. The Morgan fingerprint density at radius 2 is 1.43 bits per heavy atom. The largest absolute Gasteiger partial charge is 0.0655 e. The molecule has 0 aromatic heterocycles. The quantitative estimate of drug-likeness (QED) is 0.505. The molecule has 0 N–H and O–H groups in total. The van der Waals surface area contributed by atoms with E-state index in [1.807, 2.05) is 0 Å². The van der Waals surface area contributed by atoms with Crippen LogP contribution in [0.2, 0.25) is 0 Å². The van der Waals surface area contributed by atoms with Crippen molar-refractivity contribution in [3.05, 3.63) is 63.7 Å². The van der Waals surface area contributed by atoms with Crippen molar-refractivity contribution in [3.63, 3.8) is 0 Å². The highest BCUT2D eigenvalue weighted by molar-refractivity contribution is 5.84. The summed E-state index contributed by atoms with van der Waals surface area (Å²) >= 11 is 0. The topological polar surface area (TPSA) is 0 Å². The summed E-state index contributed by atoms with van der Waals surface area (Å²) in [4.78, 5) is 0. The van der Waals surface area contributed by atoms with Crippen LogP contribution in [0.4, 0.5) is 0 Å². The normalized spacial score (nSPS) is 14.4. The van der Waals surface area contributed by atoms with Gasteiger partial charge in [0.1, 0.15) is 0 Å². The lowest BCUT2D eigenvalue weighted by Crippen LogP contribution is -2.16. The second kappa shape index (κ2) is 7.21. The highest BCUT2D eigenvalue weighted by Crippen LogP contribution is 2.42. The van der Waals surface area contributed by atoms with Crippen LogP contribution in [0.3, 0.4) is 0 Å². The Morgan fingerprint density at radius 1 is 0.857 bits per heavy atom. The summed E-state index contributed by atoms with van der Waals surface area (Å²) in [5, 5.41) is 0. The van der Waals surface area contributed by atoms with Crippen molar-refractivity contribution in [2.24, 2.45) is 0 Å². The van der Waals surface area contributed by atoms with Gasteiger partial charge in [0.25, 0.3) is 0 Å². The fourth-order valence-electron chi connectivity index (χ4n) is 4.17. The molecule has 2 aromatic carbocycles. The first kappa shape index (κ1) is 20.9. The Morgan fingerprint density at radius 3 is 1.89 bits per heavy atom. The molecule has 0 radical (unpaired) electrons. The van der Waals surface area contributed by atoms with Crippen LogP contribution in [0.1, 0.15) is 102 Å². The number of allylic oxidation sites excluding steroid dienone is 1. The molecule has 0 atom stereocenters. The zero-order valence-electron chi connectivity index (χ0n) is 19.5. The molecule has 0 heterocycles. The van der Waals surface area contributed by atoms with Crippen molar-refractivity contribution in [3.8, 4) is 11.1 Å². The molecule has 0 amide bonds. The first-order valence-corrected chi connectivity index (χ1v) is 10.9. The lowest BCUT2D eigenvalue weighted by molar-refractivity contribution is 0.569. The van der Waals surface area contributed by atoms with E-state index in [1.54, 1.807) is 5.57 Å². The third-order valence-corrected chi connectivity index (χ3v) is 6.16. The molecule has 0 nitrogen and oxygen atoms in total. The van der Waals surface area contributed by atoms with Crippen molar-refractivity contribution in [1.82, 2.24) is 0 Å². The van der Waals surface area contributed by atoms with Gasteiger partial charge in [-0.2, -0.15) is 0 Å². The predicted octanol–water partition coefficient (Wildman–Crippen LogP) is 8.42. The highest BCUT2D eigenvalue weighted by atomic mass is 14.3. The maximum absolute atomic E-state index is 2.47. The van der Waals surface area contributed by atoms with Gasteiger partial charge in [-0.05, 0) is 68.5 Å². The zero-order chi connectivity index (χ0) is 20.9. The molecule has 0 fully saturated rings. The van der Waals surface area contributed by atoms with Crippen molar-refractivity contribution < 1.29 is 0 Å². The molecule has 2 aromatic rings. The van der Waals surface area contributed by atoms with Gasteiger partial charge in [-0.3, -0.25) is 0 Å². The second-order valence-corrected chi connectivity index (χ2v) is 10.9. The van der Waals surface area contributed by atoms with Crippen LogP contribution >= 0.6 is 0 Å². The maximum Gasteiger partial charge on any atom is -0.00577 e. The minimum Gasteiger partial charge on any atom is -0.0655 e. The summed E-state index contributed by atoms with van der Waals surface area (Å²) in [5.74, 6) is 0.510. The van der Waals surface area contributed by atoms with E-state index in [4.69, 9.17) is 0 Å². The van der Waals surface area contributed by atoms with Crippen LogP contribution < -0.4 is 0 Å². The molecule has 0 spiro atoms. The zero-order valence-corrected chi connectivity index (χ0v) is 19.5. The van der Waals surface area contributed by atoms with Gasteiger partial charge in [0.2, 0.25) is 0 Å². The average Bonchev–Trinajstić information content (AvgIpc) is 3.02. The summed E-state index contributed by atoms with van der Waals surface area (Å²) < 4.78 is 0. The maximum atomic E-state index is 2.47. The van der Waals surface area contributed by atoms with E-state index in [1.165, 1.54) is 38.9 Å². The summed E-state index contributed by atoms with van der Waals surface area (Å²) in [6.45, 7) is 20.9. The van der Waals surface area contributed by atoms with Crippen molar-refractivity contribution in [1.29, 1.82) is 0 Å². The molecule has 0 saturated heterocycles. The summed E-state index contributed by atoms with van der Waals surface area (Å²) in [5.41, 5.74) is 12.0. The van der Waals surface area contributed by atoms with Gasteiger partial charge in [0, 0.05) is 0 Å². The van der Waals surface area contributed by atoms with Gasteiger partial charge in [0.05, 0.1) is 0 Å². The monoisotopic (exact) mass is 374 g/mol. The molecular weight excluding hydrogens is 336 g/mol. The number of benzene rings is 2. The van der Waals surface area contributed by atoms with Crippen LogP contribution in [0.5, 0.6) is 0 Å². The standard InChI is InChI=1S/C28H38/c1-10-19-13-20-11-12-24(18(2)3)26(25(20)14-19)21-15-22(27(4,5)6)17-23(16-21)28(7,8)9/h11-12,14-18H,10,13H2,1-9H3. The van der Waals surface area contributed by atoms with Crippen LogP contribution in [0, 0.1) is 0 Å². The Labute approximate surface area is 173 Å². The highest BCUT2D eigenvalue weighted by Gasteiger charge is 2.25. The Balaban J connectivity index is 2.35. The Hall–Kier alpha value is -1.82. The molecule has 1 aliphatic rings. The average molecular weight is 375 g/mol. The molecule has 1 aliphatic carbocycles. The van der Waals surface area contributed by atoms with Crippen LogP contribution in [0.15, 0.2) is 35.9 Å². The van der Waals surface area contributed by atoms with E-state index in [2.05, 4.69) is 98.7 Å². The molecule has 0 aliphatic heterocycles. The van der Waals surface area contributed by atoms with E-state index < -0.39 is 0 Å². The van der Waals surface area contributed by atoms with E-state index in [0.29, 0.717) is 5.92 Å².